The Morgan fingerprint density at radius 1 is 1.11 bits per heavy atom. The third-order valence-corrected chi connectivity index (χ3v) is 5.47. The van der Waals surface area contributed by atoms with E-state index in [0.717, 1.165) is 34.1 Å². The molecule has 0 bridgehead atoms. The molecule has 0 saturated heterocycles. The van der Waals surface area contributed by atoms with E-state index in [4.69, 9.17) is 9.72 Å². The molecule has 3 aromatic rings. The Hall–Kier alpha value is -2.44. The summed E-state index contributed by atoms with van der Waals surface area (Å²) >= 11 is 1.54. The average Bonchev–Trinajstić information content (AvgIpc) is 3.10. The first kappa shape index (κ1) is 20.3. The van der Waals surface area contributed by atoms with Gasteiger partial charge in [0.25, 0.3) is 0 Å². The summed E-state index contributed by atoms with van der Waals surface area (Å²) in [6.45, 7) is 4.01. The number of benzene rings is 2. The Labute approximate surface area is 170 Å². The SMILES string of the molecule is CCOc1ccc2nc(N(CCN(C)C)C(=O)CCc3ccccc3)sc2c1. The van der Waals surface area contributed by atoms with Crippen molar-refractivity contribution in [1.82, 2.24) is 9.88 Å². The zero-order valence-electron chi connectivity index (χ0n) is 16.7. The lowest BCUT2D eigenvalue weighted by Gasteiger charge is -2.22. The van der Waals surface area contributed by atoms with Crippen molar-refractivity contribution >= 4 is 32.6 Å². The molecule has 28 heavy (non-hydrogen) atoms. The molecule has 3 rings (SSSR count). The monoisotopic (exact) mass is 397 g/mol. The molecule has 0 unspecified atom stereocenters. The second kappa shape index (κ2) is 9.66. The van der Waals surface area contributed by atoms with Gasteiger partial charge in [0.2, 0.25) is 5.91 Å². The van der Waals surface area contributed by atoms with Crippen LogP contribution in [-0.2, 0) is 11.2 Å². The van der Waals surface area contributed by atoms with Crippen LogP contribution in [0, 0.1) is 0 Å². The number of aromatic nitrogens is 1. The molecule has 0 spiro atoms. The van der Waals surface area contributed by atoms with Crippen molar-refractivity contribution < 1.29 is 9.53 Å². The largest absolute Gasteiger partial charge is 0.494 e. The van der Waals surface area contributed by atoms with Crippen LogP contribution < -0.4 is 9.64 Å². The quantitative estimate of drug-likeness (QED) is 0.542. The number of fused-ring (bicyclic) bond motifs is 1. The molecule has 0 N–H and O–H groups in total. The minimum atomic E-state index is 0.106. The summed E-state index contributed by atoms with van der Waals surface area (Å²) in [5.74, 6) is 0.940. The smallest absolute Gasteiger partial charge is 0.229 e. The number of rotatable bonds is 9. The molecule has 1 amide bonds. The molecular formula is C22H27N3O2S. The first-order valence-corrected chi connectivity index (χ1v) is 10.4. The van der Waals surface area contributed by atoms with E-state index in [2.05, 4.69) is 17.0 Å². The van der Waals surface area contributed by atoms with Gasteiger partial charge in [0.15, 0.2) is 5.13 Å². The summed E-state index contributed by atoms with van der Waals surface area (Å²) in [7, 11) is 4.03. The molecule has 5 nitrogen and oxygen atoms in total. The fourth-order valence-electron chi connectivity index (χ4n) is 2.92. The summed E-state index contributed by atoms with van der Waals surface area (Å²) in [5, 5.41) is 0.753. The summed E-state index contributed by atoms with van der Waals surface area (Å²) in [6.07, 6.45) is 1.20. The molecule has 0 atom stereocenters. The van der Waals surface area contributed by atoms with Crippen LogP contribution in [0.1, 0.15) is 18.9 Å². The summed E-state index contributed by atoms with van der Waals surface area (Å²) in [4.78, 5) is 21.7. The summed E-state index contributed by atoms with van der Waals surface area (Å²) < 4.78 is 6.62. The van der Waals surface area contributed by atoms with Crippen molar-refractivity contribution in [3.63, 3.8) is 0 Å². The van der Waals surface area contributed by atoms with Gasteiger partial charge >= 0.3 is 0 Å². The Balaban J connectivity index is 1.80. The van der Waals surface area contributed by atoms with E-state index in [9.17, 15) is 4.79 Å². The normalized spacial score (nSPS) is 11.1. The van der Waals surface area contributed by atoms with E-state index in [1.807, 2.05) is 62.3 Å². The number of likely N-dealkylation sites (N-methyl/N-ethyl adjacent to an activating group) is 1. The molecule has 0 radical (unpaired) electrons. The minimum Gasteiger partial charge on any atom is -0.494 e. The van der Waals surface area contributed by atoms with Crippen molar-refractivity contribution in [2.75, 3.05) is 38.7 Å². The number of hydrogen-bond donors (Lipinski definition) is 0. The molecule has 1 aromatic heterocycles. The zero-order valence-corrected chi connectivity index (χ0v) is 17.5. The molecule has 148 valence electrons. The molecule has 0 aliphatic carbocycles. The average molecular weight is 398 g/mol. The lowest BCUT2D eigenvalue weighted by Crippen LogP contribution is -2.36. The number of aryl methyl sites for hydroxylation is 1. The van der Waals surface area contributed by atoms with E-state index >= 15 is 0 Å². The Bertz CT molecular complexity index is 909. The van der Waals surface area contributed by atoms with Crippen LogP contribution in [0.25, 0.3) is 10.2 Å². The van der Waals surface area contributed by atoms with Crippen LogP contribution >= 0.6 is 11.3 Å². The second-order valence-corrected chi connectivity index (χ2v) is 7.90. The van der Waals surface area contributed by atoms with Crippen LogP contribution in [0.2, 0.25) is 0 Å². The highest BCUT2D eigenvalue weighted by Gasteiger charge is 2.20. The number of ether oxygens (including phenoxy) is 1. The number of amides is 1. The third kappa shape index (κ3) is 5.30. The number of hydrogen-bond acceptors (Lipinski definition) is 5. The molecule has 0 fully saturated rings. The predicted molar refractivity (Wildman–Crippen MR) is 116 cm³/mol. The van der Waals surface area contributed by atoms with Gasteiger partial charge in [-0.2, -0.15) is 0 Å². The molecule has 0 saturated carbocycles. The van der Waals surface area contributed by atoms with Crippen LogP contribution in [0.3, 0.4) is 0 Å². The second-order valence-electron chi connectivity index (χ2n) is 6.89. The summed E-state index contributed by atoms with van der Waals surface area (Å²) in [6, 6.07) is 16.0. The number of thiazole rings is 1. The maximum absolute atomic E-state index is 13.0. The highest BCUT2D eigenvalue weighted by atomic mass is 32.1. The molecule has 6 heteroatoms. The minimum absolute atomic E-state index is 0.106. The van der Waals surface area contributed by atoms with Crippen LogP contribution in [0.5, 0.6) is 5.75 Å². The predicted octanol–water partition coefficient (Wildman–Crippen LogP) is 4.22. The number of nitrogens with zero attached hydrogens (tertiary/aromatic N) is 3. The number of anilines is 1. The fourth-order valence-corrected chi connectivity index (χ4v) is 3.96. The molecule has 1 heterocycles. The number of carbonyl (C=O) groups is 1. The van der Waals surface area contributed by atoms with Crippen molar-refractivity contribution in [3.8, 4) is 5.75 Å². The maximum atomic E-state index is 13.0. The van der Waals surface area contributed by atoms with Gasteiger partial charge in [-0.25, -0.2) is 4.98 Å². The van der Waals surface area contributed by atoms with E-state index in [1.165, 1.54) is 5.56 Å². The van der Waals surface area contributed by atoms with Gasteiger partial charge in [-0.05, 0) is 51.2 Å². The van der Waals surface area contributed by atoms with Gasteiger partial charge in [0.1, 0.15) is 5.75 Å². The molecule has 0 aliphatic heterocycles. The lowest BCUT2D eigenvalue weighted by molar-refractivity contribution is -0.118. The van der Waals surface area contributed by atoms with Crippen molar-refractivity contribution in [2.45, 2.75) is 19.8 Å². The fraction of sp³-hybridized carbons (Fsp3) is 0.364. The maximum Gasteiger partial charge on any atom is 0.229 e. The Morgan fingerprint density at radius 2 is 1.89 bits per heavy atom. The van der Waals surface area contributed by atoms with E-state index in [-0.39, 0.29) is 5.91 Å². The first-order valence-electron chi connectivity index (χ1n) is 9.59. The van der Waals surface area contributed by atoms with Gasteiger partial charge < -0.3 is 9.64 Å². The van der Waals surface area contributed by atoms with E-state index < -0.39 is 0 Å². The van der Waals surface area contributed by atoms with Crippen molar-refractivity contribution in [1.29, 1.82) is 0 Å². The van der Waals surface area contributed by atoms with Gasteiger partial charge in [-0.15, -0.1) is 0 Å². The zero-order chi connectivity index (χ0) is 19.9. The molecule has 0 aliphatic rings. The van der Waals surface area contributed by atoms with Crippen LogP contribution in [0.4, 0.5) is 5.13 Å². The highest BCUT2D eigenvalue weighted by molar-refractivity contribution is 7.22. The standard InChI is InChI=1S/C22H27N3O2S/c1-4-27-18-11-12-19-20(16-18)28-22(23-19)25(15-14-24(2)3)21(26)13-10-17-8-6-5-7-9-17/h5-9,11-12,16H,4,10,13-15H2,1-3H3. The van der Waals surface area contributed by atoms with Crippen LogP contribution in [-0.4, -0.2) is 49.6 Å². The Morgan fingerprint density at radius 3 is 2.61 bits per heavy atom. The lowest BCUT2D eigenvalue weighted by atomic mass is 10.1. The summed E-state index contributed by atoms with van der Waals surface area (Å²) in [5.41, 5.74) is 2.07. The van der Waals surface area contributed by atoms with Gasteiger partial charge in [-0.3, -0.25) is 9.69 Å². The molecule has 2 aromatic carbocycles. The van der Waals surface area contributed by atoms with Crippen molar-refractivity contribution in [3.05, 3.63) is 54.1 Å². The van der Waals surface area contributed by atoms with Gasteiger partial charge in [0.05, 0.1) is 16.8 Å². The number of carbonyl (C=O) groups excluding carboxylic acids is 1. The molecular weight excluding hydrogens is 370 g/mol. The van der Waals surface area contributed by atoms with Gasteiger partial charge in [-0.1, -0.05) is 41.7 Å². The van der Waals surface area contributed by atoms with Gasteiger partial charge in [0, 0.05) is 19.5 Å². The van der Waals surface area contributed by atoms with Crippen LogP contribution in [0.15, 0.2) is 48.5 Å². The van der Waals surface area contributed by atoms with E-state index in [1.54, 1.807) is 11.3 Å². The third-order valence-electron chi connectivity index (χ3n) is 4.43. The Kier molecular flexibility index (Phi) is 7.01. The topological polar surface area (TPSA) is 45.7 Å². The highest BCUT2D eigenvalue weighted by Crippen LogP contribution is 2.32. The first-order chi connectivity index (χ1) is 13.6. The van der Waals surface area contributed by atoms with E-state index in [0.29, 0.717) is 19.6 Å². The van der Waals surface area contributed by atoms with Crippen molar-refractivity contribution in [2.24, 2.45) is 0 Å².